The molecular formula is C82H90F5N3O6. The third-order valence-electron chi connectivity index (χ3n) is 23.9. The molecule has 0 radical (unpaired) electrons. The lowest BCUT2D eigenvalue weighted by Crippen LogP contribution is -2.43. The van der Waals surface area contributed by atoms with Crippen LogP contribution in [0.4, 0.5) is 22.0 Å². The number of fused-ring (bicyclic) bond motifs is 6. The number of rotatable bonds is 9. The molecule has 96 heavy (non-hydrogen) atoms. The average Bonchev–Trinajstić information content (AvgIpc) is 1.43. The van der Waals surface area contributed by atoms with E-state index in [0.717, 1.165) is 82.6 Å². The summed E-state index contributed by atoms with van der Waals surface area (Å²) in [6.07, 6.45) is 27.7. The number of allylic oxidation sites excluding steroid dienone is 3. The molecule has 14 heteroatoms. The predicted molar refractivity (Wildman–Crippen MR) is 363 cm³/mol. The summed E-state index contributed by atoms with van der Waals surface area (Å²) in [6.45, 7) is 13.1. The van der Waals surface area contributed by atoms with Crippen LogP contribution in [0.3, 0.4) is 0 Å². The predicted octanol–water partition coefficient (Wildman–Crippen LogP) is 19.3. The van der Waals surface area contributed by atoms with Gasteiger partial charge in [-0.3, -0.25) is 29.3 Å². The van der Waals surface area contributed by atoms with Crippen molar-refractivity contribution in [3.63, 3.8) is 0 Å². The molecule has 0 spiro atoms. The minimum Gasteiger partial charge on any atom is -0.462 e. The lowest BCUT2D eigenvalue weighted by molar-refractivity contribution is -0.145. The Morgan fingerprint density at radius 1 is 0.396 bits per heavy atom. The summed E-state index contributed by atoms with van der Waals surface area (Å²) in [4.78, 5) is 51.2. The lowest BCUT2D eigenvalue weighted by Gasteiger charge is -2.47. The molecule has 0 amide bonds. The van der Waals surface area contributed by atoms with Gasteiger partial charge in [0.2, 0.25) is 0 Å². The van der Waals surface area contributed by atoms with E-state index in [-0.39, 0.29) is 89.3 Å². The van der Waals surface area contributed by atoms with Crippen LogP contribution in [0.15, 0.2) is 146 Å². The van der Waals surface area contributed by atoms with Gasteiger partial charge in [0.1, 0.15) is 29.9 Å². The van der Waals surface area contributed by atoms with Gasteiger partial charge in [-0.15, -0.1) is 0 Å². The summed E-state index contributed by atoms with van der Waals surface area (Å²) in [5.41, 5.74) is 6.46. The largest absolute Gasteiger partial charge is 0.462 e. The fourth-order valence-corrected chi connectivity index (χ4v) is 19.4. The van der Waals surface area contributed by atoms with Crippen molar-refractivity contribution in [1.82, 2.24) is 15.0 Å². The fraction of sp³-hybridized carbons (Fsp3) is 0.488. The number of alkyl halides is 3. The zero-order valence-corrected chi connectivity index (χ0v) is 55.9. The van der Waals surface area contributed by atoms with E-state index in [1.165, 1.54) is 88.1 Å². The van der Waals surface area contributed by atoms with Crippen molar-refractivity contribution in [2.45, 2.75) is 143 Å². The van der Waals surface area contributed by atoms with Gasteiger partial charge in [-0.25, -0.2) is 8.78 Å². The van der Waals surface area contributed by atoms with E-state index in [0.29, 0.717) is 64.4 Å². The van der Waals surface area contributed by atoms with Gasteiger partial charge in [0.15, 0.2) is 0 Å². The molecule has 9 nitrogen and oxygen atoms in total. The molecule has 3 saturated heterocycles. The van der Waals surface area contributed by atoms with Crippen molar-refractivity contribution in [1.29, 1.82) is 0 Å². The highest BCUT2D eigenvalue weighted by Gasteiger charge is 2.57. The molecule has 0 N–H and O–H groups in total. The van der Waals surface area contributed by atoms with Crippen molar-refractivity contribution >= 4 is 36.1 Å². The van der Waals surface area contributed by atoms with Gasteiger partial charge in [0.05, 0.1) is 40.4 Å². The minimum absolute atomic E-state index is 0.00477. The first-order chi connectivity index (χ1) is 46.2. The van der Waals surface area contributed by atoms with Crippen LogP contribution in [0.25, 0.3) is 51.6 Å². The monoisotopic (exact) mass is 1310 g/mol. The van der Waals surface area contributed by atoms with Crippen LogP contribution >= 0.6 is 0 Å². The number of benzene rings is 3. The second kappa shape index (κ2) is 28.5. The van der Waals surface area contributed by atoms with Crippen LogP contribution in [0, 0.1) is 118 Å². The first kappa shape index (κ1) is 67.0. The Labute approximate surface area is 562 Å². The zero-order valence-electron chi connectivity index (χ0n) is 55.9. The lowest BCUT2D eigenvalue weighted by atomic mass is 9.56. The molecule has 21 atom stereocenters. The molecule has 6 aliphatic carbocycles. The van der Waals surface area contributed by atoms with Crippen LogP contribution < -0.4 is 0 Å². The van der Waals surface area contributed by atoms with Crippen molar-refractivity contribution < 1.29 is 50.5 Å². The van der Waals surface area contributed by atoms with Crippen molar-refractivity contribution in [3.8, 4) is 33.4 Å². The summed E-state index contributed by atoms with van der Waals surface area (Å²) >= 11 is 0. The van der Waals surface area contributed by atoms with E-state index < -0.39 is 11.7 Å². The second-order valence-electron chi connectivity index (χ2n) is 30.0. The standard InChI is InChI=1S/C28H30F3NO2.2C27H30FNO2/c1-16-6-10-23-20(12-16)14-25-26(17(2)34-27(25)33)24(23)11-9-22-8-7-19(15-32-22)18-4-3-5-21(13-18)28(29,30)31;2*1-16-6-10-23-20(12-16)14-25-26(17(2)31-27(25)30)24(23)11-9-22-8-7-19(15-29-22)18-4-3-5-21(28)13-18/h3-5,7-9,11,13,15-17,20,23-26H,6,10,12,14H2,1-2H3;2*3-5,7-9,11,13,15-17,20,23-26H,6,10,12,14H2,1-2H3/b3*11-9+/t3*16-,17-,20+,23-,24+,25-,26+/m111/s1. The number of carbonyl (C=O) groups is 3. The normalized spacial score (nSPS) is 34.4. The van der Waals surface area contributed by atoms with Gasteiger partial charge in [0.25, 0.3) is 0 Å². The zero-order chi connectivity index (χ0) is 67.1. The van der Waals surface area contributed by atoms with Gasteiger partial charge >= 0.3 is 24.1 Å². The van der Waals surface area contributed by atoms with Gasteiger partial charge in [0, 0.05) is 53.0 Å². The molecule has 9 aliphatic rings. The smallest absolute Gasteiger partial charge is 0.416 e. The van der Waals surface area contributed by atoms with Crippen LogP contribution in [-0.4, -0.2) is 51.2 Å². The molecule has 0 bridgehead atoms. The highest BCUT2D eigenvalue weighted by atomic mass is 19.4. The summed E-state index contributed by atoms with van der Waals surface area (Å²) in [6, 6.07) is 30.0. The highest BCUT2D eigenvalue weighted by molar-refractivity contribution is 5.77. The molecule has 15 rings (SSSR count). The number of ether oxygens (including phenoxy) is 3. The molecule has 3 aromatic heterocycles. The number of aromatic nitrogens is 3. The maximum atomic E-state index is 13.5. The van der Waals surface area contributed by atoms with E-state index in [1.54, 1.807) is 36.8 Å². The molecule has 504 valence electrons. The first-order valence-corrected chi connectivity index (χ1v) is 35.4. The van der Waals surface area contributed by atoms with E-state index in [2.05, 4.69) is 80.0 Å². The van der Waals surface area contributed by atoms with Crippen LogP contribution in [0.5, 0.6) is 0 Å². The highest BCUT2D eigenvalue weighted by Crippen LogP contribution is 2.58. The maximum Gasteiger partial charge on any atom is 0.416 e. The Hall–Kier alpha value is -7.61. The quantitative estimate of drug-likeness (QED) is 0.0792. The van der Waals surface area contributed by atoms with E-state index in [9.17, 15) is 36.3 Å². The number of halogens is 5. The molecule has 6 heterocycles. The van der Waals surface area contributed by atoms with Gasteiger partial charge < -0.3 is 14.2 Å². The van der Waals surface area contributed by atoms with E-state index in [1.807, 2.05) is 61.5 Å². The summed E-state index contributed by atoms with van der Waals surface area (Å²) in [5.74, 6) is 6.99. The number of esters is 3. The second-order valence-corrected chi connectivity index (χ2v) is 30.0. The SMILES string of the molecule is C[C@@H]1CC[C@@H]2[C@@H](C1)C[C@H]1C(=O)O[C@H](C)[C@H]1[C@H]2/C=C/c1ccc(-c2cccc(C(F)(F)F)c2)cn1.C[C@@H]1CC[C@@H]2[C@@H](C1)C[C@H]1C(=O)O[C@H](C)[C@H]1[C@H]2/C=C/c1ccc(-c2cccc(F)c2)cn1.C[C@@H]1CC[C@@H]2[C@@H](C1)C[C@H]1C(=O)O[C@H](C)[C@H]1[C@H]2/C=C/c1ccc(-c2cccc(F)c2)cn1. The summed E-state index contributed by atoms with van der Waals surface area (Å²) in [7, 11) is 0. The molecular weight excluding hydrogens is 1220 g/mol. The number of nitrogens with zero attached hydrogens (tertiary/aromatic N) is 3. The fourth-order valence-electron chi connectivity index (χ4n) is 19.4. The Morgan fingerprint density at radius 2 is 0.719 bits per heavy atom. The van der Waals surface area contributed by atoms with Crippen LogP contribution in [-0.2, 0) is 34.8 Å². The van der Waals surface area contributed by atoms with Crippen molar-refractivity contribution in [2.75, 3.05) is 0 Å². The number of carbonyl (C=O) groups excluding carboxylic acids is 3. The van der Waals surface area contributed by atoms with Gasteiger partial charge in [-0.05, 0) is 239 Å². The molecule has 3 aliphatic heterocycles. The summed E-state index contributed by atoms with van der Waals surface area (Å²) in [5, 5.41) is 0. The molecule has 9 fully saturated rings. The Morgan fingerprint density at radius 3 is 1.02 bits per heavy atom. The number of pyridine rings is 3. The van der Waals surface area contributed by atoms with Crippen molar-refractivity contribution in [2.24, 2.45) is 107 Å². The van der Waals surface area contributed by atoms with Gasteiger partial charge in [-0.2, -0.15) is 13.2 Å². The van der Waals surface area contributed by atoms with E-state index >= 15 is 0 Å². The van der Waals surface area contributed by atoms with Crippen LogP contribution in [0.2, 0.25) is 0 Å². The maximum absolute atomic E-state index is 13.5. The number of cyclic esters (lactones) is 3. The number of hydrogen-bond donors (Lipinski definition) is 0. The third kappa shape index (κ3) is 14.5. The summed E-state index contributed by atoms with van der Waals surface area (Å²) < 4.78 is 83.2. The third-order valence-corrected chi connectivity index (χ3v) is 23.9. The Kier molecular flexibility index (Phi) is 19.9. The van der Waals surface area contributed by atoms with Crippen LogP contribution in [0.1, 0.15) is 141 Å². The molecule has 0 unspecified atom stereocenters. The average molecular weight is 1310 g/mol. The molecule has 3 aromatic carbocycles. The molecule has 6 aromatic rings. The minimum atomic E-state index is -4.37. The Balaban J connectivity index is 0.000000130. The van der Waals surface area contributed by atoms with E-state index in [4.69, 9.17) is 14.2 Å². The topological polar surface area (TPSA) is 118 Å². The Bertz CT molecular complexity index is 3670. The van der Waals surface area contributed by atoms with Crippen molar-refractivity contribution in [3.05, 3.63) is 180 Å². The van der Waals surface area contributed by atoms with Gasteiger partial charge in [-0.1, -0.05) is 113 Å². The first-order valence-electron chi connectivity index (χ1n) is 35.4. The number of hydrogen-bond acceptors (Lipinski definition) is 9. The molecule has 6 saturated carbocycles.